The van der Waals surface area contributed by atoms with E-state index in [2.05, 4.69) is 22.5 Å². The van der Waals surface area contributed by atoms with Crippen LogP contribution in [-0.4, -0.2) is 55.5 Å². The van der Waals surface area contributed by atoms with Crippen LogP contribution in [0.15, 0.2) is 24.3 Å². The average molecular weight is 307 g/mol. The monoisotopic (exact) mass is 307 g/mol. The van der Waals surface area contributed by atoms with E-state index in [-0.39, 0.29) is 12.6 Å². The van der Waals surface area contributed by atoms with Crippen LogP contribution in [0.4, 0.5) is 10.5 Å². The topological polar surface area (TPSA) is 73.8 Å². The van der Waals surface area contributed by atoms with Gasteiger partial charge in [0.25, 0.3) is 0 Å². The molecule has 0 radical (unpaired) electrons. The van der Waals surface area contributed by atoms with Gasteiger partial charge in [-0.2, -0.15) is 0 Å². The van der Waals surface area contributed by atoms with Crippen LogP contribution in [0.25, 0.3) is 0 Å². The van der Waals surface area contributed by atoms with Crippen LogP contribution in [0.5, 0.6) is 0 Å². The van der Waals surface area contributed by atoms with Gasteiger partial charge in [-0.1, -0.05) is 12.1 Å². The Bertz CT molecular complexity index is 458. The van der Waals surface area contributed by atoms with Gasteiger partial charge in [-0.05, 0) is 31.0 Å². The summed E-state index contributed by atoms with van der Waals surface area (Å²) in [5, 5.41) is 14.1. The van der Waals surface area contributed by atoms with Gasteiger partial charge in [0.2, 0.25) is 0 Å². The molecule has 1 heterocycles. The van der Waals surface area contributed by atoms with Crippen LogP contribution in [0.2, 0.25) is 0 Å². The van der Waals surface area contributed by atoms with Gasteiger partial charge in [0.1, 0.15) is 0 Å². The highest BCUT2D eigenvalue weighted by Gasteiger charge is 2.18. The number of urea groups is 1. The summed E-state index contributed by atoms with van der Waals surface area (Å²) in [6, 6.07) is 8.02. The molecule has 122 valence electrons. The third-order valence-electron chi connectivity index (χ3n) is 3.86. The number of carbonyl (C=O) groups excluding carboxylic acids is 1. The zero-order valence-electron chi connectivity index (χ0n) is 13.0. The first-order chi connectivity index (χ1) is 10.7. The summed E-state index contributed by atoms with van der Waals surface area (Å²) in [5.41, 5.74) is 1.99. The summed E-state index contributed by atoms with van der Waals surface area (Å²) < 4.78 is 5.38. The van der Waals surface area contributed by atoms with Crippen LogP contribution in [0.1, 0.15) is 24.9 Å². The summed E-state index contributed by atoms with van der Waals surface area (Å²) in [7, 11) is 0. The first-order valence-electron chi connectivity index (χ1n) is 7.78. The van der Waals surface area contributed by atoms with Crippen LogP contribution < -0.4 is 10.6 Å². The molecule has 0 aromatic heterocycles. The number of aliphatic hydroxyl groups is 1. The number of rotatable bonds is 6. The third kappa shape index (κ3) is 4.98. The predicted octanol–water partition coefficient (Wildman–Crippen LogP) is 1.58. The Labute approximate surface area is 131 Å². The number of ether oxygens (including phenoxy) is 1. The summed E-state index contributed by atoms with van der Waals surface area (Å²) in [5.74, 6) is 0. The molecule has 3 N–H and O–H groups in total. The molecule has 0 bridgehead atoms. The van der Waals surface area contributed by atoms with Gasteiger partial charge in [-0.15, -0.1) is 0 Å². The lowest BCUT2D eigenvalue weighted by molar-refractivity contribution is 0.0198. The molecule has 1 aliphatic heterocycles. The Morgan fingerprint density at radius 2 is 2.00 bits per heavy atom. The number of nitrogens with zero attached hydrogens (tertiary/aromatic N) is 1. The minimum absolute atomic E-state index is 0.0778. The lowest BCUT2D eigenvalue weighted by atomic mass is 10.1. The van der Waals surface area contributed by atoms with E-state index in [4.69, 9.17) is 9.84 Å². The minimum Gasteiger partial charge on any atom is -0.396 e. The second kappa shape index (κ2) is 8.73. The quantitative estimate of drug-likeness (QED) is 0.698. The van der Waals surface area contributed by atoms with Crippen molar-refractivity contribution in [2.24, 2.45) is 0 Å². The average Bonchev–Trinajstić information content (AvgIpc) is 2.56. The molecular weight excluding hydrogens is 282 g/mol. The lowest BCUT2D eigenvalue weighted by Gasteiger charge is -2.32. The second-order valence-corrected chi connectivity index (χ2v) is 5.40. The summed E-state index contributed by atoms with van der Waals surface area (Å²) >= 11 is 0. The highest BCUT2D eigenvalue weighted by molar-refractivity contribution is 5.89. The zero-order valence-corrected chi connectivity index (χ0v) is 13.0. The van der Waals surface area contributed by atoms with Gasteiger partial charge in [-0.3, -0.25) is 4.90 Å². The maximum atomic E-state index is 11.6. The molecule has 1 aliphatic rings. The molecular formula is C16H25N3O3. The number of hydrogen-bond donors (Lipinski definition) is 3. The van der Waals surface area contributed by atoms with Gasteiger partial charge in [0.15, 0.2) is 0 Å². The highest BCUT2D eigenvalue weighted by atomic mass is 16.5. The maximum absolute atomic E-state index is 11.6. The molecule has 2 rings (SSSR count). The van der Waals surface area contributed by atoms with E-state index in [0.717, 1.165) is 32.0 Å². The molecule has 0 spiro atoms. The Balaban J connectivity index is 1.85. The predicted molar refractivity (Wildman–Crippen MR) is 86.0 cm³/mol. The van der Waals surface area contributed by atoms with Crippen molar-refractivity contribution in [1.29, 1.82) is 0 Å². The number of nitrogens with one attached hydrogen (secondary N) is 2. The number of anilines is 1. The Morgan fingerprint density at radius 1 is 1.32 bits per heavy atom. The fourth-order valence-corrected chi connectivity index (χ4v) is 2.48. The molecule has 6 nitrogen and oxygen atoms in total. The smallest absolute Gasteiger partial charge is 0.319 e. The highest BCUT2D eigenvalue weighted by Crippen LogP contribution is 2.22. The van der Waals surface area contributed by atoms with E-state index in [1.807, 2.05) is 24.3 Å². The zero-order chi connectivity index (χ0) is 15.8. The van der Waals surface area contributed by atoms with Crippen molar-refractivity contribution < 1.29 is 14.6 Å². The van der Waals surface area contributed by atoms with Gasteiger partial charge >= 0.3 is 6.03 Å². The van der Waals surface area contributed by atoms with Crippen molar-refractivity contribution in [3.05, 3.63) is 29.8 Å². The molecule has 2 amide bonds. The number of benzene rings is 1. The molecule has 22 heavy (non-hydrogen) atoms. The van der Waals surface area contributed by atoms with E-state index < -0.39 is 0 Å². The molecule has 0 saturated carbocycles. The third-order valence-corrected chi connectivity index (χ3v) is 3.86. The van der Waals surface area contributed by atoms with Gasteiger partial charge in [0, 0.05) is 38.0 Å². The van der Waals surface area contributed by atoms with Gasteiger partial charge in [0.05, 0.1) is 13.2 Å². The van der Waals surface area contributed by atoms with Crippen molar-refractivity contribution in [2.75, 3.05) is 44.8 Å². The van der Waals surface area contributed by atoms with E-state index in [0.29, 0.717) is 19.0 Å². The Morgan fingerprint density at radius 3 is 2.64 bits per heavy atom. The standard InChI is InChI=1S/C16H25N3O3/c1-13(19-8-11-22-12-9-19)14-3-5-15(6-4-14)18-16(21)17-7-2-10-20/h3-6,13,20H,2,7-12H2,1H3,(H2,17,18,21)/t13-/m0/s1. The molecule has 0 unspecified atom stereocenters. The largest absolute Gasteiger partial charge is 0.396 e. The summed E-state index contributed by atoms with van der Waals surface area (Å²) in [4.78, 5) is 14.0. The van der Waals surface area contributed by atoms with E-state index in [1.54, 1.807) is 0 Å². The van der Waals surface area contributed by atoms with Crippen LogP contribution >= 0.6 is 0 Å². The van der Waals surface area contributed by atoms with Crippen molar-refractivity contribution >= 4 is 11.7 Å². The van der Waals surface area contributed by atoms with Crippen LogP contribution in [0, 0.1) is 0 Å². The van der Waals surface area contributed by atoms with Gasteiger partial charge < -0.3 is 20.5 Å². The number of morpholine rings is 1. The molecule has 1 atom stereocenters. The van der Waals surface area contributed by atoms with E-state index >= 15 is 0 Å². The molecule has 6 heteroatoms. The molecule has 1 fully saturated rings. The second-order valence-electron chi connectivity index (χ2n) is 5.40. The Kier molecular flexibility index (Phi) is 6.64. The fraction of sp³-hybridized carbons (Fsp3) is 0.562. The molecule has 1 aromatic rings. The molecule has 0 aliphatic carbocycles. The number of amides is 2. The molecule has 1 saturated heterocycles. The van der Waals surface area contributed by atoms with Crippen molar-refractivity contribution in [1.82, 2.24) is 10.2 Å². The maximum Gasteiger partial charge on any atom is 0.319 e. The van der Waals surface area contributed by atoms with Crippen molar-refractivity contribution in [2.45, 2.75) is 19.4 Å². The number of carbonyl (C=O) groups is 1. The Hall–Kier alpha value is -1.63. The van der Waals surface area contributed by atoms with Crippen molar-refractivity contribution in [3.63, 3.8) is 0 Å². The lowest BCUT2D eigenvalue weighted by Crippen LogP contribution is -2.38. The van der Waals surface area contributed by atoms with E-state index in [1.165, 1.54) is 5.56 Å². The fourth-order valence-electron chi connectivity index (χ4n) is 2.48. The summed E-state index contributed by atoms with van der Waals surface area (Å²) in [6.07, 6.45) is 0.559. The number of hydrogen-bond acceptors (Lipinski definition) is 4. The van der Waals surface area contributed by atoms with Crippen molar-refractivity contribution in [3.8, 4) is 0 Å². The normalized spacial score (nSPS) is 17.0. The molecule has 1 aromatic carbocycles. The van der Waals surface area contributed by atoms with Crippen LogP contribution in [0.3, 0.4) is 0 Å². The SMILES string of the molecule is C[C@@H](c1ccc(NC(=O)NCCCO)cc1)N1CCOCC1. The van der Waals surface area contributed by atoms with Crippen LogP contribution in [-0.2, 0) is 4.74 Å². The minimum atomic E-state index is -0.248. The number of aliphatic hydroxyl groups excluding tert-OH is 1. The summed E-state index contributed by atoms with van der Waals surface area (Å²) in [6.45, 7) is 6.22. The first-order valence-corrected chi connectivity index (χ1v) is 7.78. The van der Waals surface area contributed by atoms with E-state index in [9.17, 15) is 4.79 Å². The first kappa shape index (κ1) is 16.7. The van der Waals surface area contributed by atoms with Gasteiger partial charge in [-0.25, -0.2) is 4.79 Å².